The van der Waals surface area contributed by atoms with E-state index in [1.165, 1.54) is 16.3 Å². The van der Waals surface area contributed by atoms with Gasteiger partial charge in [0.05, 0.1) is 16.6 Å². The van der Waals surface area contributed by atoms with Gasteiger partial charge in [-0.05, 0) is 60.2 Å². The van der Waals surface area contributed by atoms with Crippen LogP contribution >= 0.6 is 0 Å². The van der Waals surface area contributed by atoms with Crippen LogP contribution in [0.2, 0.25) is 0 Å². The average Bonchev–Trinajstić information content (AvgIpc) is 3.96. The number of hydrogen-bond donors (Lipinski definition) is 0. The molecule has 0 aliphatic heterocycles. The van der Waals surface area contributed by atoms with Crippen LogP contribution in [0.5, 0.6) is 0 Å². The van der Waals surface area contributed by atoms with Crippen molar-refractivity contribution in [1.82, 2.24) is 19.5 Å². The number of para-hydroxylation sites is 5. The van der Waals surface area contributed by atoms with E-state index in [1.807, 2.05) is 72.8 Å². The van der Waals surface area contributed by atoms with Gasteiger partial charge in [-0.15, -0.1) is 0 Å². The number of nitrogens with zero attached hydrogens (tertiary/aromatic N) is 4. The highest BCUT2D eigenvalue weighted by molar-refractivity contribution is 6.13. The smallest absolute Gasteiger partial charge is 0.167 e. The van der Waals surface area contributed by atoms with Crippen LogP contribution in [0.25, 0.3) is 117 Å². The monoisotopic (exact) mass is 730 g/mol. The van der Waals surface area contributed by atoms with Crippen LogP contribution in [0.15, 0.2) is 191 Å². The molecule has 6 heteroatoms. The molecule has 8 aromatic carbocycles. The molecule has 4 heterocycles. The van der Waals surface area contributed by atoms with Crippen molar-refractivity contribution in [1.29, 1.82) is 0 Å². The minimum absolute atomic E-state index is 0.547. The molecule has 0 fully saturated rings. The van der Waals surface area contributed by atoms with E-state index in [-0.39, 0.29) is 0 Å². The Hall–Kier alpha value is -7.83. The van der Waals surface area contributed by atoms with Gasteiger partial charge in [-0.3, -0.25) is 0 Å². The zero-order valence-corrected chi connectivity index (χ0v) is 30.4. The molecule has 0 saturated heterocycles. The predicted molar refractivity (Wildman–Crippen MR) is 230 cm³/mol. The summed E-state index contributed by atoms with van der Waals surface area (Å²) in [5, 5.41) is 6.53. The number of benzene rings is 8. The highest BCUT2D eigenvalue weighted by Gasteiger charge is 2.20. The van der Waals surface area contributed by atoms with E-state index in [1.54, 1.807) is 0 Å². The molecule has 4 aromatic heterocycles. The molecule has 0 N–H and O–H groups in total. The van der Waals surface area contributed by atoms with Crippen molar-refractivity contribution >= 4 is 65.7 Å². The molecule has 0 unspecified atom stereocenters. The molecule has 0 amide bonds. The summed E-state index contributed by atoms with van der Waals surface area (Å²) in [5.74, 6) is 1.70. The van der Waals surface area contributed by atoms with Gasteiger partial charge >= 0.3 is 0 Å². The second-order valence-corrected chi connectivity index (χ2v) is 14.4. The predicted octanol–water partition coefficient (Wildman–Crippen LogP) is 13.4. The van der Waals surface area contributed by atoms with Gasteiger partial charge < -0.3 is 13.4 Å². The van der Waals surface area contributed by atoms with Gasteiger partial charge in [-0.25, -0.2) is 15.0 Å². The van der Waals surface area contributed by atoms with Crippen LogP contribution in [0.1, 0.15) is 0 Å². The Labute approximate surface area is 325 Å². The Bertz CT molecular complexity index is 3530. The van der Waals surface area contributed by atoms with Crippen molar-refractivity contribution < 1.29 is 8.83 Å². The molecule has 0 aliphatic rings. The Morgan fingerprint density at radius 3 is 1.74 bits per heavy atom. The topological polar surface area (TPSA) is 69.9 Å². The third-order valence-corrected chi connectivity index (χ3v) is 11.1. The summed E-state index contributed by atoms with van der Waals surface area (Å²) in [6.45, 7) is 0. The molecule has 0 atom stereocenters. The summed E-state index contributed by atoms with van der Waals surface area (Å²) < 4.78 is 15.5. The summed E-state index contributed by atoms with van der Waals surface area (Å²) >= 11 is 0. The molecule has 57 heavy (non-hydrogen) atoms. The van der Waals surface area contributed by atoms with E-state index >= 15 is 0 Å². The SMILES string of the molecule is c1ccc(-c2nc(-c3ccc4oc5c(-c6ccc7c8ccccc8n(-c8ccccc8)c7c6)cccc5c4c3)nc(-c3cccc4c3oc3ccccc34)n2)cc1. The van der Waals surface area contributed by atoms with Gasteiger partial charge in [0.1, 0.15) is 22.3 Å². The molecule has 6 nitrogen and oxygen atoms in total. The van der Waals surface area contributed by atoms with E-state index in [9.17, 15) is 0 Å². The fourth-order valence-electron chi connectivity index (χ4n) is 8.42. The van der Waals surface area contributed by atoms with E-state index in [2.05, 4.69) is 114 Å². The summed E-state index contributed by atoms with van der Waals surface area (Å²) in [6, 6.07) is 62.7. The van der Waals surface area contributed by atoms with Gasteiger partial charge in [0.25, 0.3) is 0 Å². The number of aromatic nitrogens is 4. The maximum atomic E-state index is 6.71. The zero-order valence-electron chi connectivity index (χ0n) is 30.4. The fourth-order valence-corrected chi connectivity index (χ4v) is 8.42. The Morgan fingerprint density at radius 2 is 0.912 bits per heavy atom. The third-order valence-electron chi connectivity index (χ3n) is 11.1. The molecule has 0 bridgehead atoms. The van der Waals surface area contributed by atoms with Crippen molar-refractivity contribution in [2.24, 2.45) is 0 Å². The maximum absolute atomic E-state index is 6.71. The van der Waals surface area contributed by atoms with Gasteiger partial charge in [0, 0.05) is 54.7 Å². The lowest BCUT2D eigenvalue weighted by molar-refractivity contribution is 0.669. The lowest BCUT2D eigenvalue weighted by Gasteiger charge is -2.09. The maximum Gasteiger partial charge on any atom is 0.167 e. The molecule has 266 valence electrons. The van der Waals surface area contributed by atoms with Gasteiger partial charge in [-0.1, -0.05) is 127 Å². The second-order valence-electron chi connectivity index (χ2n) is 14.4. The standard InChI is InChI=1S/C51H30N4O2/c1-3-13-31(14-4-1)49-52-50(54-51(53-49)41-22-12-20-39-38-18-8-10-24-45(38)56-48(39)41)33-26-28-46-42(29-33)40-21-11-19-35(47(40)57-46)32-25-27-37-36-17-7-9-23-43(36)55(44(37)30-32)34-15-5-2-6-16-34/h1-30H. The third kappa shape index (κ3) is 4.94. The summed E-state index contributed by atoms with van der Waals surface area (Å²) in [5.41, 5.74) is 11.4. The number of rotatable bonds is 5. The zero-order chi connectivity index (χ0) is 37.5. The van der Waals surface area contributed by atoms with Crippen LogP contribution in [0, 0.1) is 0 Å². The first-order valence-electron chi connectivity index (χ1n) is 19.0. The molecular formula is C51H30N4O2. The normalized spacial score (nSPS) is 11.9. The van der Waals surface area contributed by atoms with Crippen molar-refractivity contribution in [3.05, 3.63) is 182 Å². The van der Waals surface area contributed by atoms with Crippen molar-refractivity contribution in [3.63, 3.8) is 0 Å². The Kier molecular flexibility index (Phi) is 6.83. The molecular weight excluding hydrogens is 701 g/mol. The molecule has 0 aliphatic carbocycles. The fraction of sp³-hybridized carbons (Fsp3) is 0. The number of fused-ring (bicyclic) bond motifs is 9. The first-order valence-corrected chi connectivity index (χ1v) is 19.0. The Balaban J connectivity index is 1.02. The van der Waals surface area contributed by atoms with Crippen LogP contribution < -0.4 is 0 Å². The summed E-state index contributed by atoms with van der Waals surface area (Å²) in [4.78, 5) is 15.2. The first kappa shape index (κ1) is 31.5. The molecule has 12 aromatic rings. The highest BCUT2D eigenvalue weighted by Crippen LogP contribution is 2.41. The molecule has 0 radical (unpaired) electrons. The molecule has 0 saturated carbocycles. The van der Waals surface area contributed by atoms with E-state index in [0.717, 1.165) is 82.9 Å². The van der Waals surface area contributed by atoms with Crippen LogP contribution in [-0.4, -0.2) is 19.5 Å². The lowest BCUT2D eigenvalue weighted by Crippen LogP contribution is -2.00. The first-order chi connectivity index (χ1) is 28.2. The summed E-state index contributed by atoms with van der Waals surface area (Å²) in [6.07, 6.45) is 0. The van der Waals surface area contributed by atoms with Crippen molar-refractivity contribution in [2.75, 3.05) is 0 Å². The van der Waals surface area contributed by atoms with Gasteiger partial charge in [-0.2, -0.15) is 0 Å². The summed E-state index contributed by atoms with van der Waals surface area (Å²) in [7, 11) is 0. The average molecular weight is 731 g/mol. The van der Waals surface area contributed by atoms with Crippen molar-refractivity contribution in [3.8, 4) is 51.0 Å². The van der Waals surface area contributed by atoms with E-state index in [4.69, 9.17) is 23.8 Å². The highest BCUT2D eigenvalue weighted by atomic mass is 16.3. The largest absolute Gasteiger partial charge is 0.455 e. The second kappa shape index (κ2) is 12.3. The minimum atomic E-state index is 0.547. The molecule has 12 rings (SSSR count). The van der Waals surface area contributed by atoms with E-state index in [0.29, 0.717) is 17.5 Å². The van der Waals surface area contributed by atoms with Crippen LogP contribution in [0.4, 0.5) is 0 Å². The van der Waals surface area contributed by atoms with Crippen molar-refractivity contribution in [2.45, 2.75) is 0 Å². The number of hydrogen-bond acceptors (Lipinski definition) is 5. The van der Waals surface area contributed by atoms with Gasteiger partial charge in [0.15, 0.2) is 17.5 Å². The van der Waals surface area contributed by atoms with E-state index < -0.39 is 0 Å². The lowest BCUT2D eigenvalue weighted by atomic mass is 10.0. The van der Waals surface area contributed by atoms with Gasteiger partial charge in [0.2, 0.25) is 0 Å². The van der Waals surface area contributed by atoms with Crippen LogP contribution in [0.3, 0.4) is 0 Å². The molecule has 0 spiro atoms. The quantitative estimate of drug-likeness (QED) is 0.176. The Morgan fingerprint density at radius 1 is 0.333 bits per heavy atom. The van der Waals surface area contributed by atoms with Crippen LogP contribution in [-0.2, 0) is 0 Å². The minimum Gasteiger partial charge on any atom is -0.455 e. The number of furan rings is 2.